The summed E-state index contributed by atoms with van der Waals surface area (Å²) < 4.78 is 0. The minimum atomic E-state index is -0.557. The van der Waals surface area contributed by atoms with E-state index in [9.17, 15) is 0 Å². The summed E-state index contributed by atoms with van der Waals surface area (Å²) in [5.41, 5.74) is 11.9. The van der Waals surface area contributed by atoms with Crippen molar-refractivity contribution in [3.63, 3.8) is 0 Å². The first-order valence-electron chi connectivity index (χ1n) is 12.7. The maximum Gasteiger partial charge on any atom is 0.130 e. The van der Waals surface area contributed by atoms with Crippen LogP contribution in [0.3, 0.4) is 0 Å². The summed E-state index contributed by atoms with van der Waals surface area (Å²) in [6.07, 6.45) is 4.99. The molecule has 5 aromatic carbocycles. The Labute approximate surface area is 224 Å². The van der Waals surface area contributed by atoms with Gasteiger partial charge in [-0.25, -0.2) is 4.99 Å². The van der Waals surface area contributed by atoms with Crippen molar-refractivity contribution >= 4 is 27.4 Å². The normalized spacial score (nSPS) is 12.6. The minimum absolute atomic E-state index is 0.546. The van der Waals surface area contributed by atoms with Crippen LogP contribution in [0.5, 0.6) is 0 Å². The summed E-state index contributed by atoms with van der Waals surface area (Å²) >= 11 is 0. The minimum Gasteiger partial charge on any atom is -0.366 e. The fraction of sp³-hybridized carbons (Fsp3) is 0.0571. The SMILES string of the molecule is C=C/C=C\C(=C)CN/C(=N\C(N)c1cc(-c2ccc3ccccc3c2)c2ccccc2c1)c1ccccc1. The van der Waals surface area contributed by atoms with Crippen molar-refractivity contribution in [2.24, 2.45) is 10.7 Å². The van der Waals surface area contributed by atoms with Crippen molar-refractivity contribution < 1.29 is 0 Å². The Balaban J connectivity index is 1.56. The number of fused-ring (bicyclic) bond motifs is 2. The lowest BCUT2D eigenvalue weighted by atomic mass is 9.93. The Morgan fingerprint density at radius 3 is 2.32 bits per heavy atom. The molecule has 3 nitrogen and oxygen atoms in total. The first-order chi connectivity index (χ1) is 18.6. The van der Waals surface area contributed by atoms with Crippen LogP contribution < -0.4 is 11.1 Å². The molecule has 186 valence electrons. The zero-order valence-electron chi connectivity index (χ0n) is 21.3. The third-order valence-corrected chi connectivity index (χ3v) is 6.55. The molecule has 0 bridgehead atoms. The van der Waals surface area contributed by atoms with Crippen LogP contribution in [0.1, 0.15) is 17.3 Å². The molecule has 38 heavy (non-hydrogen) atoms. The summed E-state index contributed by atoms with van der Waals surface area (Å²) in [5, 5.41) is 8.19. The van der Waals surface area contributed by atoms with Crippen LogP contribution >= 0.6 is 0 Å². The highest BCUT2D eigenvalue weighted by atomic mass is 15.1. The molecule has 0 aliphatic rings. The number of amidine groups is 1. The Morgan fingerprint density at radius 2 is 1.53 bits per heavy atom. The molecule has 3 N–H and O–H groups in total. The van der Waals surface area contributed by atoms with Gasteiger partial charge >= 0.3 is 0 Å². The van der Waals surface area contributed by atoms with Gasteiger partial charge in [0.15, 0.2) is 0 Å². The standard InChI is InChI=1S/C35H31N3/c1-3-4-12-25(2)24-37-35(27-14-6-5-7-15-27)38-34(36)31-22-29-17-10-11-18-32(29)33(23-31)30-20-19-26-13-8-9-16-28(26)21-30/h3-23,34H,1-2,24,36H2,(H,37,38)/b12-4-. The van der Waals surface area contributed by atoms with E-state index in [1.807, 2.05) is 42.5 Å². The lowest BCUT2D eigenvalue weighted by Crippen LogP contribution is -2.28. The van der Waals surface area contributed by atoms with Crippen LogP contribution in [0.4, 0.5) is 0 Å². The number of nitrogens with zero attached hydrogens (tertiary/aromatic N) is 1. The van der Waals surface area contributed by atoms with E-state index in [1.165, 1.54) is 16.2 Å². The molecule has 5 rings (SSSR count). The van der Waals surface area contributed by atoms with Gasteiger partial charge < -0.3 is 11.1 Å². The van der Waals surface area contributed by atoms with Gasteiger partial charge in [-0.05, 0) is 62.0 Å². The van der Waals surface area contributed by atoms with Crippen LogP contribution in [-0.4, -0.2) is 12.4 Å². The molecule has 0 aromatic heterocycles. The molecule has 3 heteroatoms. The third-order valence-electron chi connectivity index (χ3n) is 6.55. The second-order valence-electron chi connectivity index (χ2n) is 9.25. The molecule has 0 heterocycles. The Kier molecular flexibility index (Phi) is 7.58. The molecule has 5 aromatic rings. The average Bonchev–Trinajstić information content (AvgIpc) is 2.97. The number of hydrogen-bond acceptors (Lipinski definition) is 2. The van der Waals surface area contributed by atoms with Crippen LogP contribution in [0, 0.1) is 0 Å². The van der Waals surface area contributed by atoms with Gasteiger partial charge in [0.05, 0.1) is 0 Å². The molecule has 0 saturated heterocycles. The predicted octanol–water partition coefficient (Wildman–Crippen LogP) is 7.95. The number of nitrogens with two attached hydrogens (primary N) is 1. The predicted molar refractivity (Wildman–Crippen MR) is 163 cm³/mol. The van der Waals surface area contributed by atoms with E-state index < -0.39 is 6.17 Å². The Morgan fingerprint density at radius 1 is 0.816 bits per heavy atom. The molecule has 0 saturated carbocycles. The van der Waals surface area contributed by atoms with Crippen LogP contribution in [0.25, 0.3) is 32.7 Å². The third kappa shape index (κ3) is 5.64. The second kappa shape index (κ2) is 11.5. The van der Waals surface area contributed by atoms with Crippen LogP contribution in [0.15, 0.2) is 151 Å². The Bertz CT molecular complexity index is 1660. The van der Waals surface area contributed by atoms with Crippen molar-refractivity contribution in [2.45, 2.75) is 6.17 Å². The maximum absolute atomic E-state index is 6.77. The quantitative estimate of drug-likeness (QED) is 0.131. The van der Waals surface area contributed by atoms with Gasteiger partial charge in [-0.2, -0.15) is 0 Å². The highest BCUT2D eigenvalue weighted by Crippen LogP contribution is 2.33. The second-order valence-corrected chi connectivity index (χ2v) is 9.25. The molecular weight excluding hydrogens is 462 g/mol. The van der Waals surface area contributed by atoms with Crippen molar-refractivity contribution in [3.8, 4) is 11.1 Å². The lowest BCUT2D eigenvalue weighted by Gasteiger charge is -2.17. The van der Waals surface area contributed by atoms with Crippen LogP contribution in [0.2, 0.25) is 0 Å². The van der Waals surface area contributed by atoms with E-state index >= 15 is 0 Å². The molecule has 1 atom stereocenters. The lowest BCUT2D eigenvalue weighted by molar-refractivity contribution is 0.767. The topological polar surface area (TPSA) is 50.4 Å². The molecule has 0 radical (unpaired) electrons. The van der Waals surface area contributed by atoms with E-state index in [2.05, 4.69) is 97.3 Å². The molecule has 0 aliphatic heterocycles. The van der Waals surface area contributed by atoms with Crippen molar-refractivity contribution in [1.29, 1.82) is 0 Å². The van der Waals surface area contributed by atoms with Gasteiger partial charge in [0.25, 0.3) is 0 Å². The van der Waals surface area contributed by atoms with Crippen molar-refractivity contribution in [2.75, 3.05) is 6.54 Å². The zero-order chi connectivity index (χ0) is 26.3. The molecule has 0 aliphatic carbocycles. The summed E-state index contributed by atoms with van der Waals surface area (Å²) in [5.74, 6) is 0.728. The van der Waals surface area contributed by atoms with E-state index in [0.717, 1.165) is 39.0 Å². The Hall–Kier alpha value is -4.73. The summed E-state index contributed by atoms with van der Waals surface area (Å²) in [6.45, 7) is 8.38. The molecule has 1 unspecified atom stereocenters. The first-order valence-corrected chi connectivity index (χ1v) is 12.7. The largest absolute Gasteiger partial charge is 0.366 e. The van der Waals surface area contributed by atoms with Gasteiger partial charge in [-0.3, -0.25) is 0 Å². The maximum atomic E-state index is 6.77. The van der Waals surface area contributed by atoms with Gasteiger partial charge in [0.2, 0.25) is 0 Å². The summed E-state index contributed by atoms with van der Waals surface area (Å²) in [6, 6.07) is 37.8. The van der Waals surface area contributed by atoms with Gasteiger partial charge in [0.1, 0.15) is 12.0 Å². The number of allylic oxidation sites excluding steroid dienone is 2. The highest BCUT2D eigenvalue weighted by Gasteiger charge is 2.13. The number of rotatable bonds is 8. The number of hydrogen-bond donors (Lipinski definition) is 2. The summed E-state index contributed by atoms with van der Waals surface area (Å²) in [7, 11) is 0. The van der Waals surface area contributed by atoms with E-state index in [0.29, 0.717) is 6.54 Å². The van der Waals surface area contributed by atoms with E-state index in [4.69, 9.17) is 10.7 Å². The van der Waals surface area contributed by atoms with Crippen molar-refractivity contribution in [3.05, 3.63) is 157 Å². The fourth-order valence-electron chi connectivity index (χ4n) is 4.59. The number of aliphatic imine (C=N–C) groups is 1. The molecule has 0 spiro atoms. The highest BCUT2D eigenvalue weighted by molar-refractivity contribution is 6.01. The number of nitrogens with one attached hydrogen (secondary N) is 1. The molecular formula is C35H31N3. The monoisotopic (exact) mass is 493 g/mol. The fourth-order valence-corrected chi connectivity index (χ4v) is 4.59. The molecule has 0 amide bonds. The van der Waals surface area contributed by atoms with Crippen LogP contribution in [-0.2, 0) is 0 Å². The number of benzene rings is 5. The average molecular weight is 494 g/mol. The van der Waals surface area contributed by atoms with Gasteiger partial charge in [0, 0.05) is 12.1 Å². The van der Waals surface area contributed by atoms with E-state index in [-0.39, 0.29) is 0 Å². The van der Waals surface area contributed by atoms with Gasteiger partial charge in [-0.15, -0.1) is 0 Å². The molecule has 0 fully saturated rings. The van der Waals surface area contributed by atoms with Crippen molar-refractivity contribution in [1.82, 2.24) is 5.32 Å². The van der Waals surface area contributed by atoms with E-state index in [1.54, 1.807) is 6.08 Å². The van der Waals surface area contributed by atoms with Gasteiger partial charge in [-0.1, -0.05) is 122 Å². The summed E-state index contributed by atoms with van der Waals surface area (Å²) in [4.78, 5) is 4.96. The smallest absolute Gasteiger partial charge is 0.130 e. The first kappa shape index (κ1) is 24.9. The zero-order valence-corrected chi connectivity index (χ0v) is 21.3.